The molecule has 51 heavy (non-hydrogen) atoms. The van der Waals surface area contributed by atoms with Gasteiger partial charge in [-0.2, -0.15) is 0 Å². The Bertz CT molecular complexity index is 2860. The molecule has 0 N–H and O–H groups in total. The summed E-state index contributed by atoms with van der Waals surface area (Å²) < 4.78 is 9.03. The van der Waals surface area contributed by atoms with Crippen molar-refractivity contribution in [2.24, 2.45) is 0 Å². The van der Waals surface area contributed by atoms with Gasteiger partial charge in [0.2, 0.25) is 0 Å². The van der Waals surface area contributed by atoms with Crippen molar-refractivity contribution in [2.45, 2.75) is 0 Å². The average molecular weight is 670 g/mol. The van der Waals surface area contributed by atoms with Crippen molar-refractivity contribution in [3.05, 3.63) is 188 Å². The zero-order chi connectivity index (χ0) is 33.7. The fourth-order valence-electron chi connectivity index (χ4n) is 7.56. The molecule has 0 aliphatic heterocycles. The van der Waals surface area contributed by atoms with Crippen molar-refractivity contribution in [1.29, 1.82) is 0 Å². The maximum absolute atomic E-state index is 6.44. The molecule has 0 bridgehead atoms. The second-order valence-corrected chi connectivity index (χ2v) is 14.0. The van der Waals surface area contributed by atoms with Crippen LogP contribution in [0.1, 0.15) is 0 Å². The van der Waals surface area contributed by atoms with Crippen molar-refractivity contribution in [3.63, 3.8) is 0 Å². The highest BCUT2D eigenvalue weighted by atomic mass is 32.1. The molecule has 0 unspecified atom stereocenters. The molecule has 10 aromatic rings. The van der Waals surface area contributed by atoms with Crippen LogP contribution in [0.3, 0.4) is 0 Å². The van der Waals surface area contributed by atoms with Gasteiger partial charge in [-0.05, 0) is 76.3 Å². The Morgan fingerprint density at radius 1 is 0.373 bits per heavy atom. The third kappa shape index (κ3) is 5.01. The van der Waals surface area contributed by atoms with E-state index in [4.69, 9.17) is 4.42 Å². The van der Waals surface area contributed by atoms with E-state index in [2.05, 4.69) is 187 Å². The number of thiophene rings is 1. The highest BCUT2D eigenvalue weighted by Gasteiger charge is 2.23. The van der Waals surface area contributed by atoms with Gasteiger partial charge in [0, 0.05) is 36.8 Å². The Hall–Kier alpha value is -6.42. The summed E-state index contributed by atoms with van der Waals surface area (Å²) in [5.74, 6) is 0. The lowest BCUT2D eigenvalue weighted by Gasteiger charge is -2.29. The predicted octanol–water partition coefficient (Wildman–Crippen LogP) is 14.4. The molecule has 240 valence electrons. The number of hydrogen-bond acceptors (Lipinski definition) is 3. The summed E-state index contributed by atoms with van der Waals surface area (Å²) in [6.45, 7) is 0. The standard InChI is InChI=1S/C48H31NOS/c1-2-13-32(14-3-1)33-27-29-34(30-28-33)35-15-10-16-36(31-35)49(42-22-12-24-44-48(42)39-18-5-8-23-43(39)50-44)41-21-7-4-17-37(41)38-20-11-26-46-47(38)40-19-6-9-25-45(40)51-46/h1-31H. The minimum Gasteiger partial charge on any atom is -0.456 e. The first-order valence-corrected chi connectivity index (χ1v) is 18.1. The first-order chi connectivity index (χ1) is 25.3. The van der Waals surface area contributed by atoms with Gasteiger partial charge in [0.1, 0.15) is 11.2 Å². The van der Waals surface area contributed by atoms with E-state index in [0.717, 1.165) is 44.6 Å². The first kappa shape index (κ1) is 29.5. The monoisotopic (exact) mass is 669 g/mol. The van der Waals surface area contributed by atoms with Crippen molar-refractivity contribution in [1.82, 2.24) is 0 Å². The Morgan fingerprint density at radius 3 is 1.84 bits per heavy atom. The first-order valence-electron chi connectivity index (χ1n) is 17.3. The van der Waals surface area contributed by atoms with Crippen LogP contribution in [0, 0.1) is 0 Å². The van der Waals surface area contributed by atoms with Gasteiger partial charge in [-0.3, -0.25) is 0 Å². The molecule has 0 amide bonds. The maximum Gasteiger partial charge on any atom is 0.137 e. The van der Waals surface area contributed by atoms with Crippen LogP contribution in [0.25, 0.3) is 75.5 Å². The number of hydrogen-bond donors (Lipinski definition) is 0. The summed E-state index contributed by atoms with van der Waals surface area (Å²) in [4.78, 5) is 2.43. The zero-order valence-corrected chi connectivity index (χ0v) is 28.5. The third-order valence-electron chi connectivity index (χ3n) is 9.89. The zero-order valence-electron chi connectivity index (χ0n) is 27.7. The van der Waals surface area contributed by atoms with Gasteiger partial charge < -0.3 is 9.32 Å². The fourth-order valence-corrected chi connectivity index (χ4v) is 8.69. The van der Waals surface area contributed by atoms with E-state index in [1.165, 1.54) is 48.0 Å². The van der Waals surface area contributed by atoms with Crippen LogP contribution < -0.4 is 4.90 Å². The Kier molecular flexibility index (Phi) is 7.04. The van der Waals surface area contributed by atoms with E-state index in [1.54, 1.807) is 0 Å². The number of furan rings is 1. The van der Waals surface area contributed by atoms with Crippen LogP contribution in [0.2, 0.25) is 0 Å². The van der Waals surface area contributed by atoms with Gasteiger partial charge in [0.15, 0.2) is 0 Å². The van der Waals surface area contributed by atoms with Crippen LogP contribution in [-0.2, 0) is 0 Å². The molecule has 3 heteroatoms. The van der Waals surface area contributed by atoms with Crippen molar-refractivity contribution < 1.29 is 4.42 Å². The SMILES string of the molecule is c1ccc(-c2ccc(-c3cccc(N(c4ccccc4-c4cccc5sc6ccccc6c45)c4cccc5oc6ccccc6c45)c3)cc2)cc1. The summed E-state index contributed by atoms with van der Waals surface area (Å²) in [7, 11) is 0. The van der Waals surface area contributed by atoms with E-state index in [1.807, 2.05) is 17.4 Å². The van der Waals surface area contributed by atoms with Crippen LogP contribution in [0.4, 0.5) is 17.1 Å². The third-order valence-corrected chi connectivity index (χ3v) is 11.0. The molecule has 0 spiro atoms. The number of fused-ring (bicyclic) bond motifs is 6. The highest BCUT2D eigenvalue weighted by molar-refractivity contribution is 7.25. The number of nitrogens with zero attached hydrogens (tertiary/aromatic N) is 1. The average Bonchev–Trinajstić information content (AvgIpc) is 3.78. The Morgan fingerprint density at radius 2 is 0.961 bits per heavy atom. The normalized spacial score (nSPS) is 11.5. The van der Waals surface area contributed by atoms with Gasteiger partial charge >= 0.3 is 0 Å². The molecule has 2 nitrogen and oxygen atoms in total. The number of anilines is 3. The van der Waals surface area contributed by atoms with Gasteiger partial charge in [0.25, 0.3) is 0 Å². The number of rotatable bonds is 6. The maximum atomic E-state index is 6.44. The fraction of sp³-hybridized carbons (Fsp3) is 0. The Labute approximate surface area is 300 Å². The molecular formula is C48H31NOS. The predicted molar refractivity (Wildman–Crippen MR) is 218 cm³/mol. The number of para-hydroxylation sites is 2. The van der Waals surface area contributed by atoms with Gasteiger partial charge in [-0.15, -0.1) is 11.3 Å². The largest absolute Gasteiger partial charge is 0.456 e. The highest BCUT2D eigenvalue weighted by Crippen LogP contribution is 2.48. The van der Waals surface area contributed by atoms with Gasteiger partial charge in [-0.25, -0.2) is 0 Å². The topological polar surface area (TPSA) is 16.4 Å². The summed E-state index contributed by atoms with van der Waals surface area (Å²) in [5, 5.41) is 4.78. The molecule has 2 aromatic heterocycles. The summed E-state index contributed by atoms with van der Waals surface area (Å²) in [6.07, 6.45) is 0. The molecule has 0 aliphatic rings. The molecule has 0 saturated heterocycles. The molecule has 0 radical (unpaired) electrons. The van der Waals surface area contributed by atoms with Gasteiger partial charge in [-0.1, -0.05) is 140 Å². The van der Waals surface area contributed by atoms with Crippen molar-refractivity contribution >= 4 is 70.5 Å². The molecule has 0 aliphatic carbocycles. The molecular weight excluding hydrogens is 639 g/mol. The van der Waals surface area contributed by atoms with Crippen molar-refractivity contribution in [2.75, 3.05) is 4.90 Å². The van der Waals surface area contributed by atoms with Crippen LogP contribution >= 0.6 is 11.3 Å². The van der Waals surface area contributed by atoms with Gasteiger partial charge in [0.05, 0.1) is 16.8 Å². The van der Waals surface area contributed by atoms with Crippen LogP contribution in [-0.4, -0.2) is 0 Å². The molecule has 0 saturated carbocycles. The van der Waals surface area contributed by atoms with Crippen LogP contribution in [0.15, 0.2) is 192 Å². The lowest BCUT2D eigenvalue weighted by Crippen LogP contribution is -2.11. The summed E-state index contributed by atoms with van der Waals surface area (Å²) >= 11 is 1.85. The molecule has 10 rings (SSSR count). The second kappa shape index (κ2) is 12.2. The lowest BCUT2D eigenvalue weighted by molar-refractivity contribution is 0.669. The molecule has 0 fully saturated rings. The second-order valence-electron chi connectivity index (χ2n) is 12.9. The van der Waals surface area contributed by atoms with E-state index in [9.17, 15) is 0 Å². The minimum absolute atomic E-state index is 0.870. The molecule has 0 atom stereocenters. The van der Waals surface area contributed by atoms with E-state index in [-0.39, 0.29) is 0 Å². The van der Waals surface area contributed by atoms with E-state index >= 15 is 0 Å². The number of benzene rings is 8. The summed E-state index contributed by atoms with van der Waals surface area (Å²) in [5.41, 5.74) is 12.2. The molecule has 2 heterocycles. The van der Waals surface area contributed by atoms with Crippen molar-refractivity contribution in [3.8, 4) is 33.4 Å². The van der Waals surface area contributed by atoms with E-state index < -0.39 is 0 Å². The Balaban J connectivity index is 1.21. The quantitative estimate of drug-likeness (QED) is 0.175. The smallest absolute Gasteiger partial charge is 0.137 e. The minimum atomic E-state index is 0.870. The summed E-state index contributed by atoms with van der Waals surface area (Å²) in [6, 6.07) is 67.4. The molecule has 8 aromatic carbocycles. The van der Waals surface area contributed by atoms with E-state index in [0.29, 0.717) is 0 Å². The lowest BCUT2D eigenvalue weighted by atomic mass is 9.96. The van der Waals surface area contributed by atoms with Crippen LogP contribution in [0.5, 0.6) is 0 Å².